The monoisotopic (exact) mass is 463 g/mol. The number of hydrogen-bond acceptors (Lipinski definition) is 5. The lowest BCUT2D eigenvalue weighted by Gasteiger charge is -2.23. The van der Waals surface area contributed by atoms with Crippen LogP contribution in [0.25, 0.3) is 11.1 Å². The van der Waals surface area contributed by atoms with E-state index in [0.717, 1.165) is 47.6 Å². The van der Waals surface area contributed by atoms with Gasteiger partial charge in [0.25, 0.3) is 0 Å². The Morgan fingerprint density at radius 3 is 2.85 bits per heavy atom. The van der Waals surface area contributed by atoms with Gasteiger partial charge in [-0.1, -0.05) is 17.7 Å². The van der Waals surface area contributed by atoms with Gasteiger partial charge in [-0.15, -0.1) is 5.10 Å². The van der Waals surface area contributed by atoms with Crippen LogP contribution in [-0.4, -0.2) is 26.9 Å². The summed E-state index contributed by atoms with van der Waals surface area (Å²) in [6.45, 7) is 2.69. The second-order valence-corrected chi connectivity index (χ2v) is 8.48. The average molecular weight is 464 g/mol. The Morgan fingerprint density at radius 2 is 2.06 bits per heavy atom. The number of anilines is 2. The van der Waals surface area contributed by atoms with E-state index in [2.05, 4.69) is 15.4 Å². The van der Waals surface area contributed by atoms with Crippen molar-refractivity contribution in [2.75, 3.05) is 12.4 Å². The number of hydrogen-bond donors (Lipinski definition) is 1. The Kier molecular flexibility index (Phi) is 5.72. The van der Waals surface area contributed by atoms with Gasteiger partial charge >= 0.3 is 0 Å². The number of aryl methyl sites for hydroxylation is 2. The molecule has 2 aromatic carbocycles. The molecule has 3 heterocycles. The van der Waals surface area contributed by atoms with Gasteiger partial charge in [-0.25, -0.2) is 9.07 Å². The molecule has 0 bridgehead atoms. The van der Waals surface area contributed by atoms with Crippen molar-refractivity contribution in [2.45, 2.75) is 32.2 Å². The maximum absolute atomic E-state index is 14.6. The highest BCUT2D eigenvalue weighted by molar-refractivity contribution is 6.31. The van der Waals surface area contributed by atoms with Crippen molar-refractivity contribution < 1.29 is 9.13 Å². The molecule has 0 radical (unpaired) electrons. The number of halogens is 2. The SMILES string of the molecule is COc1cc(Nc2nc3n(n2)CCCC3c2c(F)cccc2Cl)ccc1-c1ccnc(C)c1. The number of methoxy groups -OCH3 is 1. The molecule has 0 fully saturated rings. The normalized spacial score (nSPS) is 15.2. The summed E-state index contributed by atoms with van der Waals surface area (Å²) in [5, 5.41) is 8.29. The van der Waals surface area contributed by atoms with Crippen LogP contribution >= 0.6 is 11.6 Å². The Labute approximate surface area is 196 Å². The first kappa shape index (κ1) is 21.4. The van der Waals surface area contributed by atoms with Gasteiger partial charge in [-0.3, -0.25) is 4.98 Å². The summed E-state index contributed by atoms with van der Waals surface area (Å²) in [5.41, 5.74) is 4.22. The van der Waals surface area contributed by atoms with Crippen molar-refractivity contribution in [3.05, 3.63) is 82.6 Å². The van der Waals surface area contributed by atoms with Gasteiger partial charge in [0.1, 0.15) is 17.4 Å². The van der Waals surface area contributed by atoms with E-state index in [9.17, 15) is 4.39 Å². The van der Waals surface area contributed by atoms with E-state index < -0.39 is 0 Å². The fourth-order valence-electron chi connectivity index (χ4n) is 4.37. The lowest BCUT2D eigenvalue weighted by atomic mass is 9.91. The van der Waals surface area contributed by atoms with Crippen molar-refractivity contribution in [1.82, 2.24) is 19.7 Å². The van der Waals surface area contributed by atoms with Gasteiger partial charge in [0.2, 0.25) is 5.95 Å². The van der Waals surface area contributed by atoms with E-state index in [1.165, 1.54) is 6.07 Å². The van der Waals surface area contributed by atoms with E-state index >= 15 is 0 Å². The molecule has 1 atom stereocenters. The molecular weight excluding hydrogens is 441 g/mol. The predicted molar refractivity (Wildman–Crippen MR) is 127 cm³/mol. The number of fused-ring (bicyclic) bond motifs is 1. The number of nitrogens with zero attached hydrogens (tertiary/aromatic N) is 4. The van der Waals surface area contributed by atoms with E-state index in [-0.39, 0.29) is 11.7 Å². The predicted octanol–water partition coefficient (Wildman–Crippen LogP) is 6.12. The number of pyridine rings is 1. The van der Waals surface area contributed by atoms with Crippen LogP contribution in [0.2, 0.25) is 5.02 Å². The lowest BCUT2D eigenvalue weighted by Crippen LogP contribution is -2.19. The Hall–Kier alpha value is -3.45. The van der Waals surface area contributed by atoms with Gasteiger partial charge in [-0.2, -0.15) is 4.98 Å². The lowest BCUT2D eigenvalue weighted by molar-refractivity contribution is 0.416. The molecule has 0 saturated carbocycles. The Bertz CT molecular complexity index is 1300. The molecule has 0 aliphatic carbocycles. The van der Waals surface area contributed by atoms with E-state index in [0.29, 0.717) is 22.4 Å². The van der Waals surface area contributed by atoms with Gasteiger partial charge in [0, 0.05) is 52.3 Å². The van der Waals surface area contributed by atoms with Crippen molar-refractivity contribution in [1.29, 1.82) is 0 Å². The molecular formula is C25H23ClFN5O. The van der Waals surface area contributed by atoms with Crippen molar-refractivity contribution in [2.24, 2.45) is 0 Å². The van der Waals surface area contributed by atoms with E-state index in [4.69, 9.17) is 21.3 Å². The molecule has 8 heteroatoms. The van der Waals surface area contributed by atoms with Crippen LogP contribution in [0.15, 0.2) is 54.7 Å². The number of rotatable bonds is 5. The highest BCUT2D eigenvalue weighted by atomic mass is 35.5. The minimum atomic E-state index is -0.315. The van der Waals surface area contributed by atoms with Crippen LogP contribution < -0.4 is 10.1 Å². The third kappa shape index (κ3) is 4.16. The summed E-state index contributed by atoms with van der Waals surface area (Å²) in [6.07, 6.45) is 3.43. The molecule has 6 nitrogen and oxygen atoms in total. The van der Waals surface area contributed by atoms with Gasteiger partial charge in [0.05, 0.1) is 7.11 Å². The average Bonchev–Trinajstić information content (AvgIpc) is 3.22. The summed E-state index contributed by atoms with van der Waals surface area (Å²) < 4.78 is 22.1. The van der Waals surface area contributed by atoms with Crippen LogP contribution in [-0.2, 0) is 6.54 Å². The molecule has 5 rings (SSSR count). The summed E-state index contributed by atoms with van der Waals surface area (Å²) in [6, 6.07) is 14.6. The third-order valence-electron chi connectivity index (χ3n) is 5.89. The molecule has 0 spiro atoms. The number of benzene rings is 2. The van der Waals surface area contributed by atoms with Gasteiger partial charge in [0.15, 0.2) is 0 Å². The Balaban J connectivity index is 1.45. The molecule has 0 amide bonds. The maximum Gasteiger partial charge on any atom is 0.246 e. The molecule has 1 N–H and O–H groups in total. The first-order valence-electron chi connectivity index (χ1n) is 10.8. The standard InChI is InChI=1S/C25H23ClFN5O/c1-15-13-16(10-11-28-15)18-9-8-17(14-22(18)33-2)29-25-30-24-19(5-4-12-32(24)31-25)23-20(26)6-3-7-21(23)27/h3,6-11,13-14,19H,4-5,12H2,1-2H3,(H,29,31). The Morgan fingerprint density at radius 1 is 1.18 bits per heavy atom. The summed E-state index contributed by atoms with van der Waals surface area (Å²) in [5.74, 6) is 1.35. The molecule has 168 valence electrons. The van der Waals surface area contributed by atoms with Gasteiger partial charge < -0.3 is 10.1 Å². The summed E-state index contributed by atoms with van der Waals surface area (Å²) in [4.78, 5) is 8.96. The highest BCUT2D eigenvalue weighted by Gasteiger charge is 2.29. The van der Waals surface area contributed by atoms with Crippen LogP contribution in [0.1, 0.15) is 35.8 Å². The van der Waals surface area contributed by atoms with Gasteiger partial charge in [-0.05, 0) is 61.7 Å². The molecule has 4 aromatic rings. The molecule has 1 unspecified atom stereocenters. The molecule has 33 heavy (non-hydrogen) atoms. The zero-order valence-corrected chi connectivity index (χ0v) is 19.1. The van der Waals surface area contributed by atoms with Crippen LogP contribution in [0.4, 0.5) is 16.0 Å². The number of ether oxygens (including phenoxy) is 1. The van der Waals surface area contributed by atoms with Crippen molar-refractivity contribution >= 4 is 23.2 Å². The number of aromatic nitrogens is 4. The number of nitrogens with one attached hydrogen (secondary N) is 1. The van der Waals surface area contributed by atoms with Crippen LogP contribution in [0.5, 0.6) is 5.75 Å². The van der Waals surface area contributed by atoms with E-state index in [1.54, 1.807) is 25.4 Å². The summed E-state index contributed by atoms with van der Waals surface area (Å²) >= 11 is 6.34. The van der Waals surface area contributed by atoms with Crippen molar-refractivity contribution in [3.63, 3.8) is 0 Å². The zero-order chi connectivity index (χ0) is 22.9. The topological polar surface area (TPSA) is 64.9 Å². The minimum Gasteiger partial charge on any atom is -0.496 e. The summed E-state index contributed by atoms with van der Waals surface area (Å²) in [7, 11) is 1.65. The van der Waals surface area contributed by atoms with Crippen LogP contribution in [0.3, 0.4) is 0 Å². The molecule has 2 aromatic heterocycles. The second kappa shape index (κ2) is 8.83. The fourth-order valence-corrected chi connectivity index (χ4v) is 4.67. The fraction of sp³-hybridized carbons (Fsp3) is 0.240. The largest absolute Gasteiger partial charge is 0.496 e. The molecule has 1 aliphatic heterocycles. The molecule has 0 saturated heterocycles. The van der Waals surface area contributed by atoms with Crippen LogP contribution in [0, 0.1) is 12.7 Å². The van der Waals surface area contributed by atoms with Crippen molar-refractivity contribution in [3.8, 4) is 16.9 Å². The minimum absolute atomic E-state index is 0.234. The smallest absolute Gasteiger partial charge is 0.246 e. The first-order chi connectivity index (χ1) is 16.0. The zero-order valence-electron chi connectivity index (χ0n) is 18.3. The first-order valence-corrected chi connectivity index (χ1v) is 11.2. The highest BCUT2D eigenvalue weighted by Crippen LogP contribution is 2.38. The molecule has 1 aliphatic rings. The third-order valence-corrected chi connectivity index (χ3v) is 6.22. The van der Waals surface area contributed by atoms with E-state index in [1.807, 2.05) is 41.9 Å². The quantitative estimate of drug-likeness (QED) is 0.386. The maximum atomic E-state index is 14.6. The second-order valence-electron chi connectivity index (χ2n) is 8.07.